The Balaban J connectivity index is 2.12. The fourth-order valence-electron chi connectivity index (χ4n) is 1.79. The first-order chi connectivity index (χ1) is 11.0. The van der Waals surface area contributed by atoms with Gasteiger partial charge in [0, 0.05) is 17.0 Å². The lowest BCUT2D eigenvalue weighted by Gasteiger charge is -2.10. The molecule has 2 aromatic carbocycles. The van der Waals surface area contributed by atoms with Crippen molar-refractivity contribution in [3.8, 4) is 11.5 Å². The lowest BCUT2D eigenvalue weighted by atomic mass is 10.2. The van der Waals surface area contributed by atoms with Crippen molar-refractivity contribution in [2.45, 2.75) is 4.90 Å². The maximum Gasteiger partial charge on any atom is 0.417 e. The summed E-state index contributed by atoms with van der Waals surface area (Å²) in [6.45, 7) is 0. The lowest BCUT2D eigenvalue weighted by molar-refractivity contribution is -0.384. The number of anilines is 1. The molecule has 2 rings (SSSR count). The summed E-state index contributed by atoms with van der Waals surface area (Å²) < 4.78 is 10.2. The van der Waals surface area contributed by atoms with E-state index in [1.807, 2.05) is 18.4 Å². The van der Waals surface area contributed by atoms with Crippen molar-refractivity contribution in [2.24, 2.45) is 0 Å². The normalized spacial score (nSPS) is 10.0. The molecule has 0 radical (unpaired) electrons. The van der Waals surface area contributed by atoms with Crippen LogP contribution >= 0.6 is 11.8 Å². The molecule has 0 aliphatic heterocycles. The number of nitrogens with zero attached hydrogens (tertiary/aromatic N) is 1. The number of nitrogens with one attached hydrogen (secondary N) is 1. The van der Waals surface area contributed by atoms with Crippen LogP contribution in [0.5, 0.6) is 11.5 Å². The van der Waals surface area contributed by atoms with Crippen molar-refractivity contribution in [3.05, 3.63) is 52.6 Å². The predicted molar refractivity (Wildman–Crippen MR) is 87.5 cm³/mol. The molecule has 0 unspecified atom stereocenters. The number of hydrogen-bond donors (Lipinski definition) is 1. The van der Waals surface area contributed by atoms with E-state index >= 15 is 0 Å². The van der Waals surface area contributed by atoms with E-state index in [2.05, 4.69) is 5.32 Å². The quantitative estimate of drug-likeness (QED) is 0.506. The first-order valence-corrected chi connectivity index (χ1v) is 7.71. The highest BCUT2D eigenvalue weighted by atomic mass is 32.2. The number of carbonyl (C=O) groups is 1. The van der Waals surface area contributed by atoms with Gasteiger partial charge in [-0.1, -0.05) is 0 Å². The van der Waals surface area contributed by atoms with Crippen molar-refractivity contribution in [3.63, 3.8) is 0 Å². The van der Waals surface area contributed by atoms with E-state index in [4.69, 9.17) is 9.47 Å². The van der Waals surface area contributed by atoms with Gasteiger partial charge in [-0.05, 0) is 36.6 Å². The third kappa shape index (κ3) is 4.36. The highest BCUT2D eigenvalue weighted by Crippen LogP contribution is 2.29. The Hall–Kier alpha value is -2.74. The smallest absolute Gasteiger partial charge is 0.417 e. The molecule has 8 heteroatoms. The van der Waals surface area contributed by atoms with Gasteiger partial charge in [0.05, 0.1) is 17.7 Å². The summed E-state index contributed by atoms with van der Waals surface area (Å²) in [5.41, 5.74) is -0.00198. The Labute approximate surface area is 136 Å². The van der Waals surface area contributed by atoms with Gasteiger partial charge >= 0.3 is 6.09 Å². The molecule has 0 aliphatic carbocycles. The van der Waals surface area contributed by atoms with Crippen molar-refractivity contribution in [1.29, 1.82) is 0 Å². The van der Waals surface area contributed by atoms with Crippen LogP contribution in [0.4, 0.5) is 16.2 Å². The van der Waals surface area contributed by atoms with Crippen molar-refractivity contribution >= 4 is 29.2 Å². The van der Waals surface area contributed by atoms with Gasteiger partial charge in [0.25, 0.3) is 5.69 Å². The molecule has 0 fully saturated rings. The molecule has 0 heterocycles. The van der Waals surface area contributed by atoms with Crippen molar-refractivity contribution in [1.82, 2.24) is 0 Å². The second-order valence-electron chi connectivity index (χ2n) is 4.33. The highest BCUT2D eigenvalue weighted by Gasteiger charge is 2.14. The summed E-state index contributed by atoms with van der Waals surface area (Å²) in [4.78, 5) is 23.2. The van der Waals surface area contributed by atoms with E-state index in [1.54, 1.807) is 23.9 Å². The molecule has 1 amide bonds. The first-order valence-electron chi connectivity index (χ1n) is 6.49. The van der Waals surface area contributed by atoms with E-state index in [0.29, 0.717) is 11.5 Å². The summed E-state index contributed by atoms with van der Waals surface area (Å²) in [7, 11) is 1.40. The van der Waals surface area contributed by atoms with Crippen LogP contribution in [0.1, 0.15) is 0 Å². The fraction of sp³-hybridized carbons (Fsp3) is 0.133. The molecular formula is C15H14N2O5S. The second kappa shape index (κ2) is 7.50. The van der Waals surface area contributed by atoms with Crippen LogP contribution in [0.3, 0.4) is 0 Å². The number of non-ortho nitro benzene ring substituents is 1. The number of thioether (sulfide) groups is 1. The zero-order valence-corrected chi connectivity index (χ0v) is 13.3. The van der Waals surface area contributed by atoms with Crippen molar-refractivity contribution < 1.29 is 19.2 Å². The summed E-state index contributed by atoms with van der Waals surface area (Å²) in [5, 5.41) is 13.2. The molecule has 0 saturated heterocycles. The molecule has 23 heavy (non-hydrogen) atoms. The number of carbonyl (C=O) groups excluding carboxylic acids is 1. The van der Waals surface area contributed by atoms with Gasteiger partial charge in [0.1, 0.15) is 11.5 Å². The van der Waals surface area contributed by atoms with Crippen LogP contribution in [-0.4, -0.2) is 24.4 Å². The first kappa shape index (κ1) is 16.6. The number of nitro benzene ring substituents is 1. The van der Waals surface area contributed by atoms with Gasteiger partial charge in [-0.25, -0.2) is 4.79 Å². The van der Waals surface area contributed by atoms with Crippen LogP contribution in [-0.2, 0) is 0 Å². The molecule has 120 valence electrons. The summed E-state index contributed by atoms with van der Waals surface area (Å²) in [6.07, 6.45) is 1.18. The topological polar surface area (TPSA) is 90.7 Å². The molecule has 0 aliphatic rings. The van der Waals surface area contributed by atoms with Crippen LogP contribution < -0.4 is 14.8 Å². The average Bonchev–Trinajstić information content (AvgIpc) is 2.55. The third-order valence-corrected chi connectivity index (χ3v) is 3.64. The summed E-state index contributed by atoms with van der Waals surface area (Å²) >= 11 is 1.57. The fourth-order valence-corrected chi connectivity index (χ4v) is 2.20. The number of amides is 1. The lowest BCUT2D eigenvalue weighted by Crippen LogP contribution is -2.17. The van der Waals surface area contributed by atoms with E-state index in [9.17, 15) is 14.9 Å². The second-order valence-corrected chi connectivity index (χ2v) is 5.21. The minimum absolute atomic E-state index is 0.160. The molecule has 0 aromatic heterocycles. The van der Waals surface area contributed by atoms with Crippen LogP contribution in [0.15, 0.2) is 47.4 Å². The monoisotopic (exact) mass is 334 g/mol. The van der Waals surface area contributed by atoms with Crippen LogP contribution in [0, 0.1) is 10.1 Å². The minimum Gasteiger partial charge on any atom is -0.495 e. The minimum atomic E-state index is -0.763. The SMILES string of the molecule is COc1ccc([N+](=O)[O-])cc1NC(=O)Oc1ccc(SC)cc1. The molecule has 0 bridgehead atoms. The Kier molecular flexibility index (Phi) is 5.42. The maximum atomic E-state index is 11.9. The number of ether oxygens (including phenoxy) is 2. The van der Waals surface area contributed by atoms with E-state index in [0.717, 1.165) is 4.90 Å². The number of rotatable bonds is 5. The van der Waals surface area contributed by atoms with E-state index in [1.165, 1.54) is 25.3 Å². The van der Waals surface area contributed by atoms with Crippen LogP contribution in [0.2, 0.25) is 0 Å². The molecule has 0 spiro atoms. The average molecular weight is 334 g/mol. The maximum absolute atomic E-state index is 11.9. The predicted octanol–water partition coefficient (Wildman–Crippen LogP) is 3.94. The van der Waals surface area contributed by atoms with E-state index in [-0.39, 0.29) is 11.4 Å². The molecule has 0 atom stereocenters. The van der Waals surface area contributed by atoms with Gasteiger partial charge in [-0.2, -0.15) is 0 Å². The zero-order chi connectivity index (χ0) is 16.8. The van der Waals surface area contributed by atoms with Gasteiger partial charge in [0.2, 0.25) is 0 Å². The van der Waals surface area contributed by atoms with Gasteiger partial charge in [-0.15, -0.1) is 11.8 Å². The van der Waals surface area contributed by atoms with Crippen LogP contribution in [0.25, 0.3) is 0 Å². The molecular weight excluding hydrogens is 320 g/mol. The Morgan fingerprint density at radius 2 is 1.91 bits per heavy atom. The standard InChI is InChI=1S/C15H14N2O5S/c1-21-14-8-3-10(17(19)20)9-13(14)16-15(18)22-11-4-6-12(23-2)7-5-11/h3-9H,1-2H3,(H,16,18). The van der Waals surface area contributed by atoms with Gasteiger partial charge < -0.3 is 9.47 Å². The number of methoxy groups -OCH3 is 1. The molecule has 7 nitrogen and oxygen atoms in total. The molecule has 2 aromatic rings. The van der Waals surface area contributed by atoms with E-state index < -0.39 is 11.0 Å². The zero-order valence-electron chi connectivity index (χ0n) is 12.4. The summed E-state index contributed by atoms with van der Waals surface area (Å²) in [5.74, 6) is 0.662. The van der Waals surface area contributed by atoms with Crippen molar-refractivity contribution in [2.75, 3.05) is 18.7 Å². The largest absolute Gasteiger partial charge is 0.495 e. The number of hydrogen-bond acceptors (Lipinski definition) is 6. The molecule has 0 saturated carbocycles. The molecule has 1 N–H and O–H groups in total. The Morgan fingerprint density at radius 1 is 1.22 bits per heavy atom. The number of benzene rings is 2. The summed E-state index contributed by atoms with van der Waals surface area (Å²) in [6, 6.07) is 10.9. The Morgan fingerprint density at radius 3 is 2.48 bits per heavy atom. The third-order valence-electron chi connectivity index (χ3n) is 2.90. The number of nitro groups is 1. The Bertz CT molecular complexity index is 718. The highest BCUT2D eigenvalue weighted by molar-refractivity contribution is 7.98. The van der Waals surface area contributed by atoms with Gasteiger partial charge in [-0.3, -0.25) is 15.4 Å². The van der Waals surface area contributed by atoms with Gasteiger partial charge in [0.15, 0.2) is 0 Å².